The van der Waals surface area contributed by atoms with E-state index in [4.69, 9.17) is 10.2 Å². The summed E-state index contributed by atoms with van der Waals surface area (Å²) in [5, 5.41) is 17.4. The van der Waals surface area contributed by atoms with E-state index in [1.165, 1.54) is 4.90 Å². The standard InChI is InChI=1S/C12H15NO4/c14-9-8-13(7-6-11(15)16)12(17)10-4-2-1-3-5-10/h1-5,14H,6-9H2,(H,15,16). The quantitative estimate of drug-likeness (QED) is 0.759. The molecule has 1 rings (SSSR count). The zero-order chi connectivity index (χ0) is 12.7. The fraction of sp³-hybridized carbons (Fsp3) is 0.333. The van der Waals surface area contributed by atoms with E-state index in [2.05, 4.69) is 0 Å². The lowest BCUT2D eigenvalue weighted by atomic mass is 10.2. The van der Waals surface area contributed by atoms with E-state index in [0.717, 1.165) is 0 Å². The van der Waals surface area contributed by atoms with Gasteiger partial charge in [-0.2, -0.15) is 0 Å². The molecule has 0 aliphatic heterocycles. The van der Waals surface area contributed by atoms with Crippen molar-refractivity contribution in [3.63, 3.8) is 0 Å². The molecule has 5 nitrogen and oxygen atoms in total. The minimum atomic E-state index is -0.964. The zero-order valence-electron chi connectivity index (χ0n) is 9.37. The van der Waals surface area contributed by atoms with Gasteiger partial charge < -0.3 is 15.1 Å². The van der Waals surface area contributed by atoms with Crippen LogP contribution in [-0.2, 0) is 4.79 Å². The summed E-state index contributed by atoms with van der Waals surface area (Å²) in [4.78, 5) is 23.8. The van der Waals surface area contributed by atoms with E-state index in [1.54, 1.807) is 30.3 Å². The van der Waals surface area contributed by atoms with Crippen LogP contribution in [0.25, 0.3) is 0 Å². The van der Waals surface area contributed by atoms with E-state index in [0.29, 0.717) is 5.56 Å². The molecule has 0 saturated carbocycles. The molecule has 0 fully saturated rings. The highest BCUT2D eigenvalue weighted by Gasteiger charge is 2.15. The predicted molar refractivity (Wildman–Crippen MR) is 61.7 cm³/mol. The van der Waals surface area contributed by atoms with Crippen LogP contribution in [0.4, 0.5) is 0 Å². The number of hydrogen-bond donors (Lipinski definition) is 2. The summed E-state index contributed by atoms with van der Waals surface area (Å²) >= 11 is 0. The minimum absolute atomic E-state index is 0.101. The number of carbonyl (C=O) groups is 2. The highest BCUT2D eigenvalue weighted by atomic mass is 16.4. The Morgan fingerprint density at radius 3 is 2.29 bits per heavy atom. The van der Waals surface area contributed by atoms with E-state index in [-0.39, 0.29) is 32.0 Å². The second-order valence-corrected chi connectivity index (χ2v) is 3.53. The van der Waals surface area contributed by atoms with Crippen molar-refractivity contribution in [1.82, 2.24) is 4.90 Å². The Morgan fingerprint density at radius 1 is 1.12 bits per heavy atom. The largest absolute Gasteiger partial charge is 0.481 e. The number of aliphatic hydroxyl groups is 1. The molecule has 0 heterocycles. The average Bonchev–Trinajstić information content (AvgIpc) is 2.34. The second-order valence-electron chi connectivity index (χ2n) is 3.53. The first-order chi connectivity index (χ1) is 8.15. The molecule has 0 atom stereocenters. The van der Waals surface area contributed by atoms with Gasteiger partial charge in [-0.1, -0.05) is 18.2 Å². The topological polar surface area (TPSA) is 77.8 Å². The van der Waals surface area contributed by atoms with Crippen LogP contribution in [0.2, 0.25) is 0 Å². The molecule has 0 aromatic heterocycles. The maximum Gasteiger partial charge on any atom is 0.305 e. The van der Waals surface area contributed by atoms with Crippen LogP contribution < -0.4 is 0 Å². The molecule has 1 aromatic carbocycles. The number of nitrogens with zero attached hydrogens (tertiary/aromatic N) is 1. The third kappa shape index (κ3) is 4.24. The summed E-state index contributed by atoms with van der Waals surface area (Å²) in [5.41, 5.74) is 0.492. The van der Waals surface area contributed by atoms with Crippen LogP contribution in [0.1, 0.15) is 16.8 Å². The number of carboxylic acid groups (broad SMARTS) is 1. The molecular weight excluding hydrogens is 222 g/mol. The zero-order valence-corrected chi connectivity index (χ0v) is 9.37. The lowest BCUT2D eigenvalue weighted by molar-refractivity contribution is -0.137. The Morgan fingerprint density at radius 2 is 1.76 bits per heavy atom. The van der Waals surface area contributed by atoms with Crippen LogP contribution >= 0.6 is 0 Å². The summed E-state index contributed by atoms with van der Waals surface area (Å²) < 4.78 is 0. The Kier molecular flexibility index (Phi) is 5.16. The number of benzene rings is 1. The van der Waals surface area contributed by atoms with Gasteiger partial charge in [-0.25, -0.2) is 0 Å². The van der Waals surface area contributed by atoms with Gasteiger partial charge in [-0.15, -0.1) is 0 Å². The first kappa shape index (κ1) is 13.2. The maximum absolute atomic E-state index is 12.0. The Labute approximate surface area is 99.3 Å². The van der Waals surface area contributed by atoms with Crippen molar-refractivity contribution >= 4 is 11.9 Å². The highest BCUT2D eigenvalue weighted by molar-refractivity contribution is 5.94. The molecule has 5 heteroatoms. The van der Waals surface area contributed by atoms with Crippen molar-refractivity contribution < 1.29 is 19.8 Å². The Hall–Kier alpha value is -1.88. The highest BCUT2D eigenvalue weighted by Crippen LogP contribution is 2.05. The van der Waals surface area contributed by atoms with Crippen LogP contribution in [0.5, 0.6) is 0 Å². The van der Waals surface area contributed by atoms with E-state index < -0.39 is 5.97 Å². The first-order valence-electron chi connectivity index (χ1n) is 5.32. The third-order valence-electron chi connectivity index (χ3n) is 2.27. The molecular formula is C12H15NO4. The molecule has 17 heavy (non-hydrogen) atoms. The van der Waals surface area contributed by atoms with Crippen molar-refractivity contribution in [3.8, 4) is 0 Å². The Balaban J connectivity index is 2.69. The molecule has 0 aliphatic carbocycles. The fourth-order valence-corrected chi connectivity index (χ4v) is 1.43. The lowest BCUT2D eigenvalue weighted by Gasteiger charge is -2.20. The summed E-state index contributed by atoms with van der Waals surface area (Å²) in [6, 6.07) is 8.59. The van der Waals surface area contributed by atoms with Gasteiger partial charge in [0.15, 0.2) is 0 Å². The molecule has 1 aromatic rings. The van der Waals surface area contributed by atoms with E-state index in [1.807, 2.05) is 0 Å². The van der Waals surface area contributed by atoms with Crippen LogP contribution in [0.15, 0.2) is 30.3 Å². The first-order valence-corrected chi connectivity index (χ1v) is 5.32. The molecule has 0 radical (unpaired) electrons. The van der Waals surface area contributed by atoms with Gasteiger partial charge >= 0.3 is 5.97 Å². The summed E-state index contributed by atoms with van der Waals surface area (Å²) in [6.45, 7) is 0.0584. The normalized spacial score (nSPS) is 9.94. The van der Waals surface area contributed by atoms with Gasteiger partial charge in [0.2, 0.25) is 0 Å². The van der Waals surface area contributed by atoms with Gasteiger partial charge in [0.1, 0.15) is 0 Å². The Bertz CT molecular complexity index is 377. The number of aliphatic carboxylic acids is 1. The summed E-state index contributed by atoms with van der Waals surface area (Å²) in [5.74, 6) is -1.23. The molecule has 92 valence electrons. The van der Waals surface area contributed by atoms with Crippen molar-refractivity contribution in [2.75, 3.05) is 19.7 Å². The number of aliphatic hydroxyl groups excluding tert-OH is 1. The van der Waals surface area contributed by atoms with Crippen LogP contribution in [0, 0.1) is 0 Å². The summed E-state index contributed by atoms with van der Waals surface area (Å²) in [6.07, 6.45) is -0.126. The number of rotatable bonds is 6. The number of amides is 1. The summed E-state index contributed by atoms with van der Waals surface area (Å²) in [7, 11) is 0. The smallest absolute Gasteiger partial charge is 0.305 e. The number of carbonyl (C=O) groups excluding carboxylic acids is 1. The van der Waals surface area contributed by atoms with E-state index >= 15 is 0 Å². The molecule has 2 N–H and O–H groups in total. The maximum atomic E-state index is 12.0. The van der Waals surface area contributed by atoms with Crippen molar-refractivity contribution in [2.24, 2.45) is 0 Å². The van der Waals surface area contributed by atoms with Crippen molar-refractivity contribution in [1.29, 1.82) is 0 Å². The van der Waals surface area contributed by atoms with E-state index in [9.17, 15) is 9.59 Å². The molecule has 0 bridgehead atoms. The second kappa shape index (κ2) is 6.65. The molecule has 0 aliphatic rings. The SMILES string of the molecule is O=C(O)CCN(CCO)C(=O)c1ccccc1. The van der Waals surface area contributed by atoms with Gasteiger partial charge in [-0.3, -0.25) is 9.59 Å². The minimum Gasteiger partial charge on any atom is -0.481 e. The third-order valence-corrected chi connectivity index (χ3v) is 2.27. The number of carboxylic acids is 1. The van der Waals surface area contributed by atoms with Gasteiger partial charge in [0.05, 0.1) is 13.0 Å². The van der Waals surface area contributed by atoms with Gasteiger partial charge in [0.25, 0.3) is 5.91 Å². The predicted octanol–water partition coefficient (Wildman–Crippen LogP) is 0.596. The monoisotopic (exact) mass is 237 g/mol. The van der Waals surface area contributed by atoms with Crippen molar-refractivity contribution in [3.05, 3.63) is 35.9 Å². The molecule has 0 saturated heterocycles. The van der Waals surface area contributed by atoms with Crippen LogP contribution in [-0.4, -0.2) is 46.7 Å². The van der Waals surface area contributed by atoms with Gasteiger partial charge in [-0.05, 0) is 12.1 Å². The lowest BCUT2D eigenvalue weighted by Crippen LogP contribution is -2.35. The molecule has 1 amide bonds. The van der Waals surface area contributed by atoms with Crippen LogP contribution in [0.3, 0.4) is 0 Å². The molecule has 0 spiro atoms. The molecule has 0 unspecified atom stereocenters. The fourth-order valence-electron chi connectivity index (χ4n) is 1.43. The number of hydrogen-bond acceptors (Lipinski definition) is 3. The van der Waals surface area contributed by atoms with Crippen molar-refractivity contribution in [2.45, 2.75) is 6.42 Å². The average molecular weight is 237 g/mol. The van der Waals surface area contributed by atoms with Gasteiger partial charge in [0, 0.05) is 18.7 Å².